The summed E-state index contributed by atoms with van der Waals surface area (Å²) in [7, 11) is 0. The quantitative estimate of drug-likeness (QED) is 0.0314. The summed E-state index contributed by atoms with van der Waals surface area (Å²) in [6.07, 6.45) is 3.81. The second kappa shape index (κ2) is 16.5. The summed E-state index contributed by atoms with van der Waals surface area (Å²) in [6.45, 7) is 7.55. The number of aliphatic hydroxyl groups excluding tert-OH is 1. The number of thioether (sulfide) groups is 1. The van der Waals surface area contributed by atoms with E-state index in [2.05, 4.69) is 24.0 Å². The zero-order valence-electron chi connectivity index (χ0n) is 26.8. The van der Waals surface area contributed by atoms with E-state index in [0.717, 1.165) is 31.2 Å². The lowest BCUT2D eigenvalue weighted by Gasteiger charge is -2.23. The summed E-state index contributed by atoms with van der Waals surface area (Å²) in [4.78, 5) is 28.8. The molecular weight excluding hydrogens is 635 g/mol. The lowest BCUT2D eigenvalue weighted by atomic mass is 9.95. The molecule has 5 rings (SSSR count). The number of amides is 1. The number of unbranched alkanes of at least 4 members (excludes halogenated alkanes) is 2. The minimum absolute atomic E-state index is 0.0505. The van der Waals surface area contributed by atoms with E-state index in [9.17, 15) is 14.7 Å². The third kappa shape index (κ3) is 8.15. The SMILES string of the molecule is CCCCOc1ccc(/C(O)=C2\C(=O)C(=O)N(c3nnc(SCc4ccccc4)s3)C2c2ccc(OCCCC)c(OCC)c2)cc1. The maximum atomic E-state index is 13.8. The molecule has 0 bridgehead atoms. The molecule has 1 N–H and O–H groups in total. The van der Waals surface area contributed by atoms with E-state index in [1.165, 1.54) is 28.0 Å². The number of anilines is 1. The number of Topliss-reactive ketones (excluding diaryl/α,β-unsaturated/α-hetero) is 1. The molecule has 4 aromatic rings. The first-order valence-electron chi connectivity index (χ1n) is 15.9. The monoisotopic (exact) mass is 673 g/mol. The van der Waals surface area contributed by atoms with Crippen LogP contribution in [0.5, 0.6) is 17.2 Å². The van der Waals surface area contributed by atoms with Gasteiger partial charge >= 0.3 is 5.91 Å². The van der Waals surface area contributed by atoms with Crippen LogP contribution in [0.2, 0.25) is 0 Å². The number of nitrogens with zero attached hydrogens (tertiary/aromatic N) is 3. The van der Waals surface area contributed by atoms with Crippen LogP contribution < -0.4 is 19.1 Å². The Labute approximate surface area is 283 Å². The fraction of sp³-hybridized carbons (Fsp3) is 0.333. The Morgan fingerprint density at radius 1 is 0.872 bits per heavy atom. The second-order valence-electron chi connectivity index (χ2n) is 10.9. The van der Waals surface area contributed by atoms with Crippen molar-refractivity contribution in [3.8, 4) is 17.2 Å². The predicted octanol–water partition coefficient (Wildman–Crippen LogP) is 8.21. The van der Waals surface area contributed by atoms with Crippen molar-refractivity contribution in [3.63, 3.8) is 0 Å². The van der Waals surface area contributed by atoms with Crippen LogP contribution in [-0.4, -0.2) is 46.8 Å². The van der Waals surface area contributed by atoms with E-state index in [4.69, 9.17) is 14.2 Å². The number of ketones is 1. The van der Waals surface area contributed by atoms with Gasteiger partial charge in [-0.2, -0.15) is 0 Å². The van der Waals surface area contributed by atoms with Crippen molar-refractivity contribution in [3.05, 3.63) is 95.1 Å². The number of ether oxygens (including phenoxy) is 3. The highest BCUT2D eigenvalue weighted by molar-refractivity contribution is 8.00. The van der Waals surface area contributed by atoms with Crippen LogP contribution in [0, 0.1) is 0 Å². The van der Waals surface area contributed by atoms with Gasteiger partial charge in [0.2, 0.25) is 5.13 Å². The Kier molecular flexibility index (Phi) is 11.9. The van der Waals surface area contributed by atoms with Gasteiger partial charge in [-0.15, -0.1) is 10.2 Å². The highest BCUT2D eigenvalue weighted by atomic mass is 32.2. The minimum Gasteiger partial charge on any atom is -0.507 e. The molecule has 1 unspecified atom stereocenters. The lowest BCUT2D eigenvalue weighted by molar-refractivity contribution is -0.132. The molecule has 47 heavy (non-hydrogen) atoms. The minimum atomic E-state index is -0.987. The molecular formula is C36H39N3O6S2. The summed E-state index contributed by atoms with van der Waals surface area (Å²) in [5, 5.41) is 20.6. The molecule has 0 radical (unpaired) electrons. The third-order valence-corrected chi connectivity index (χ3v) is 9.61. The topological polar surface area (TPSA) is 111 Å². The summed E-state index contributed by atoms with van der Waals surface area (Å²) in [6, 6.07) is 21.2. The van der Waals surface area contributed by atoms with Crippen molar-refractivity contribution in [2.75, 3.05) is 24.7 Å². The van der Waals surface area contributed by atoms with Gasteiger partial charge in [0.15, 0.2) is 15.8 Å². The summed E-state index contributed by atoms with van der Waals surface area (Å²) in [5.74, 6) is 0.472. The van der Waals surface area contributed by atoms with E-state index in [1.807, 2.05) is 37.3 Å². The van der Waals surface area contributed by atoms with Gasteiger partial charge < -0.3 is 19.3 Å². The van der Waals surface area contributed by atoms with Crippen molar-refractivity contribution < 1.29 is 28.9 Å². The highest BCUT2D eigenvalue weighted by Gasteiger charge is 2.48. The Balaban J connectivity index is 1.54. The van der Waals surface area contributed by atoms with Crippen LogP contribution in [0.25, 0.3) is 5.76 Å². The molecule has 11 heteroatoms. The Morgan fingerprint density at radius 2 is 1.60 bits per heavy atom. The van der Waals surface area contributed by atoms with Crippen LogP contribution in [-0.2, 0) is 15.3 Å². The number of carbonyl (C=O) groups is 2. The van der Waals surface area contributed by atoms with Crippen molar-refractivity contribution in [2.45, 2.75) is 62.6 Å². The van der Waals surface area contributed by atoms with Crippen molar-refractivity contribution >= 4 is 45.7 Å². The summed E-state index contributed by atoms with van der Waals surface area (Å²) < 4.78 is 18.4. The van der Waals surface area contributed by atoms with E-state index >= 15 is 0 Å². The fourth-order valence-corrected chi connectivity index (χ4v) is 6.85. The molecule has 1 aromatic heterocycles. The predicted molar refractivity (Wildman–Crippen MR) is 186 cm³/mol. The first-order valence-corrected chi connectivity index (χ1v) is 17.7. The average molecular weight is 674 g/mol. The van der Waals surface area contributed by atoms with Gasteiger partial charge in [-0.25, -0.2) is 0 Å². The van der Waals surface area contributed by atoms with Crippen molar-refractivity contribution in [1.82, 2.24) is 10.2 Å². The Hall–Kier alpha value is -4.35. The normalized spacial score (nSPS) is 15.6. The maximum Gasteiger partial charge on any atom is 0.301 e. The molecule has 3 aromatic carbocycles. The Bertz CT molecular complexity index is 1690. The largest absolute Gasteiger partial charge is 0.507 e. The molecule has 0 aliphatic carbocycles. The number of hydrogen-bond donors (Lipinski definition) is 1. The van der Waals surface area contributed by atoms with E-state index in [-0.39, 0.29) is 16.5 Å². The number of carbonyl (C=O) groups excluding carboxylic acids is 2. The number of aliphatic hydroxyl groups is 1. The second-order valence-corrected chi connectivity index (χ2v) is 13.0. The van der Waals surface area contributed by atoms with Crippen LogP contribution in [0.1, 0.15) is 69.2 Å². The molecule has 2 heterocycles. The number of aromatic nitrogens is 2. The van der Waals surface area contributed by atoms with Gasteiger partial charge in [-0.05, 0) is 67.3 Å². The van der Waals surface area contributed by atoms with Gasteiger partial charge in [0.05, 0.1) is 31.4 Å². The molecule has 1 amide bonds. The van der Waals surface area contributed by atoms with Crippen molar-refractivity contribution in [2.24, 2.45) is 0 Å². The molecule has 1 fully saturated rings. The lowest BCUT2D eigenvalue weighted by Crippen LogP contribution is -2.29. The first kappa shape index (κ1) is 34.0. The van der Waals surface area contributed by atoms with Gasteiger partial charge in [-0.1, -0.05) is 86.2 Å². The zero-order valence-corrected chi connectivity index (χ0v) is 28.4. The van der Waals surface area contributed by atoms with Crippen LogP contribution in [0.15, 0.2) is 82.7 Å². The first-order chi connectivity index (χ1) is 22.9. The number of benzene rings is 3. The molecule has 9 nitrogen and oxygen atoms in total. The average Bonchev–Trinajstić information content (AvgIpc) is 3.66. The molecule has 246 valence electrons. The standard InChI is InChI=1S/C36H39N3O6S2/c1-4-7-20-44-27-17-14-25(15-18-27)32(40)30-31(26-16-19-28(45-21-8-5-2)29(22-26)43-6-3)39(34(42)33(30)41)35-37-38-36(47-35)46-23-24-12-10-9-11-13-24/h9-19,22,31,40H,4-8,20-21,23H2,1-3H3/b32-30+. The molecule has 1 saturated heterocycles. The fourth-order valence-electron chi connectivity index (χ4n) is 5.03. The third-order valence-electron chi connectivity index (χ3n) is 7.48. The molecule has 1 aliphatic rings. The van der Waals surface area contributed by atoms with Crippen LogP contribution in [0.3, 0.4) is 0 Å². The number of rotatable bonds is 16. The van der Waals surface area contributed by atoms with Gasteiger partial charge in [0, 0.05) is 11.3 Å². The molecule has 1 aliphatic heterocycles. The molecule has 0 spiro atoms. The van der Waals surface area contributed by atoms with E-state index in [1.54, 1.807) is 42.5 Å². The Morgan fingerprint density at radius 3 is 2.30 bits per heavy atom. The zero-order chi connectivity index (χ0) is 33.2. The van der Waals surface area contributed by atoms with E-state index in [0.29, 0.717) is 58.3 Å². The van der Waals surface area contributed by atoms with Gasteiger partial charge in [0.25, 0.3) is 5.78 Å². The van der Waals surface area contributed by atoms with E-state index < -0.39 is 17.7 Å². The maximum absolute atomic E-state index is 13.8. The van der Waals surface area contributed by atoms with Crippen LogP contribution in [0.4, 0.5) is 5.13 Å². The molecule has 1 atom stereocenters. The summed E-state index contributed by atoms with van der Waals surface area (Å²) >= 11 is 2.72. The van der Waals surface area contributed by atoms with Crippen molar-refractivity contribution in [1.29, 1.82) is 0 Å². The summed E-state index contributed by atoms with van der Waals surface area (Å²) in [5.41, 5.74) is 2.02. The number of hydrogen-bond acceptors (Lipinski definition) is 10. The van der Waals surface area contributed by atoms with Gasteiger partial charge in [-0.3, -0.25) is 14.5 Å². The highest BCUT2D eigenvalue weighted by Crippen LogP contribution is 2.45. The molecule has 0 saturated carbocycles. The van der Waals surface area contributed by atoms with Crippen LogP contribution >= 0.6 is 23.1 Å². The van der Waals surface area contributed by atoms with Gasteiger partial charge in [0.1, 0.15) is 11.5 Å². The smallest absolute Gasteiger partial charge is 0.301 e.